The molecule has 2 fully saturated rings. The lowest BCUT2D eigenvalue weighted by atomic mass is 10.0. The third kappa shape index (κ3) is 4.60. The largest absolute Gasteiger partial charge is 0.371 e. The molecular weight excluding hydrogens is 456 g/mol. The van der Waals surface area contributed by atoms with Crippen LogP contribution in [0.5, 0.6) is 0 Å². The SMILES string of the molecule is CN(C)C1CCN(c2cc(Nc3ncc(Cl)c(-c4c[nH]c5ccccc45)n3)cc(C3CC3)c2)CC1. The predicted octanol–water partition coefficient (Wildman–Crippen LogP) is 6.43. The monoisotopic (exact) mass is 486 g/mol. The van der Waals surface area contributed by atoms with E-state index < -0.39 is 0 Å². The van der Waals surface area contributed by atoms with E-state index in [1.807, 2.05) is 18.3 Å². The van der Waals surface area contributed by atoms with Crippen molar-refractivity contribution >= 4 is 39.8 Å². The van der Waals surface area contributed by atoms with Crippen LogP contribution in [-0.2, 0) is 0 Å². The number of piperidine rings is 1. The highest BCUT2D eigenvalue weighted by Gasteiger charge is 2.26. The molecule has 2 N–H and O–H groups in total. The third-order valence-corrected chi connectivity index (χ3v) is 7.67. The fourth-order valence-corrected chi connectivity index (χ4v) is 5.39. The molecule has 1 aliphatic carbocycles. The van der Waals surface area contributed by atoms with Crippen LogP contribution >= 0.6 is 11.6 Å². The Morgan fingerprint density at radius 2 is 1.86 bits per heavy atom. The van der Waals surface area contributed by atoms with E-state index in [0.29, 0.717) is 22.9 Å². The fourth-order valence-electron chi connectivity index (χ4n) is 5.19. The molecule has 0 amide bonds. The molecule has 1 aliphatic heterocycles. The second-order valence-corrected chi connectivity index (χ2v) is 10.4. The number of benzene rings is 2. The second-order valence-electron chi connectivity index (χ2n) is 10.0. The minimum Gasteiger partial charge on any atom is -0.371 e. The molecule has 1 saturated heterocycles. The number of aromatic nitrogens is 3. The van der Waals surface area contributed by atoms with Gasteiger partial charge in [0.1, 0.15) is 0 Å². The summed E-state index contributed by atoms with van der Waals surface area (Å²) in [5.41, 5.74) is 6.50. The molecule has 2 aliphatic rings. The van der Waals surface area contributed by atoms with E-state index in [-0.39, 0.29) is 0 Å². The lowest BCUT2D eigenvalue weighted by Crippen LogP contribution is -2.42. The molecule has 0 unspecified atom stereocenters. The number of aromatic amines is 1. The molecule has 6 rings (SSSR count). The lowest BCUT2D eigenvalue weighted by Gasteiger charge is -2.36. The average molecular weight is 487 g/mol. The molecule has 2 aromatic heterocycles. The first-order valence-electron chi connectivity index (χ1n) is 12.5. The van der Waals surface area contributed by atoms with E-state index in [0.717, 1.165) is 40.9 Å². The van der Waals surface area contributed by atoms with Crippen molar-refractivity contribution in [2.24, 2.45) is 0 Å². The van der Waals surface area contributed by atoms with Gasteiger partial charge in [0.2, 0.25) is 5.95 Å². The zero-order valence-corrected chi connectivity index (χ0v) is 21.0. The zero-order chi connectivity index (χ0) is 23.9. The maximum Gasteiger partial charge on any atom is 0.227 e. The van der Waals surface area contributed by atoms with Gasteiger partial charge in [-0.1, -0.05) is 29.8 Å². The maximum absolute atomic E-state index is 6.55. The van der Waals surface area contributed by atoms with Crippen molar-refractivity contribution in [2.75, 3.05) is 37.4 Å². The van der Waals surface area contributed by atoms with Crippen molar-refractivity contribution in [3.8, 4) is 11.3 Å². The number of hydrogen-bond acceptors (Lipinski definition) is 5. The van der Waals surface area contributed by atoms with E-state index in [4.69, 9.17) is 16.6 Å². The van der Waals surface area contributed by atoms with Crippen LogP contribution in [0.4, 0.5) is 17.3 Å². The highest BCUT2D eigenvalue weighted by molar-refractivity contribution is 6.33. The summed E-state index contributed by atoms with van der Waals surface area (Å²) in [4.78, 5) is 17.5. The van der Waals surface area contributed by atoms with Crippen LogP contribution in [0.1, 0.15) is 37.2 Å². The molecule has 6 nitrogen and oxygen atoms in total. The topological polar surface area (TPSA) is 60.1 Å². The molecule has 0 radical (unpaired) electrons. The number of halogens is 1. The Balaban J connectivity index is 1.30. The van der Waals surface area contributed by atoms with Gasteiger partial charge in [-0.05, 0) is 75.5 Å². The van der Waals surface area contributed by atoms with Gasteiger partial charge >= 0.3 is 0 Å². The predicted molar refractivity (Wildman–Crippen MR) is 145 cm³/mol. The van der Waals surface area contributed by atoms with Crippen molar-refractivity contribution in [1.29, 1.82) is 0 Å². The molecule has 35 heavy (non-hydrogen) atoms. The number of H-pyrrole nitrogens is 1. The summed E-state index contributed by atoms with van der Waals surface area (Å²) in [6.45, 7) is 2.16. The second kappa shape index (κ2) is 9.17. The van der Waals surface area contributed by atoms with Crippen LogP contribution in [0.3, 0.4) is 0 Å². The lowest BCUT2D eigenvalue weighted by molar-refractivity contribution is 0.249. The Labute approximate surface area is 211 Å². The quantitative estimate of drug-likeness (QED) is 0.329. The van der Waals surface area contributed by atoms with Gasteiger partial charge in [-0.25, -0.2) is 9.97 Å². The van der Waals surface area contributed by atoms with E-state index in [1.54, 1.807) is 6.20 Å². The molecule has 4 aromatic rings. The number of nitrogens with one attached hydrogen (secondary N) is 2. The third-order valence-electron chi connectivity index (χ3n) is 7.39. The number of nitrogens with zero attached hydrogens (tertiary/aromatic N) is 4. The van der Waals surface area contributed by atoms with E-state index in [2.05, 4.69) is 69.5 Å². The van der Waals surface area contributed by atoms with E-state index >= 15 is 0 Å². The first-order chi connectivity index (χ1) is 17.0. The van der Waals surface area contributed by atoms with Crippen molar-refractivity contribution in [3.63, 3.8) is 0 Å². The van der Waals surface area contributed by atoms with Crippen LogP contribution in [0, 0.1) is 0 Å². The summed E-state index contributed by atoms with van der Waals surface area (Å²) in [5, 5.41) is 5.12. The van der Waals surface area contributed by atoms with Gasteiger partial charge in [-0.3, -0.25) is 0 Å². The minimum absolute atomic E-state index is 0.538. The first kappa shape index (κ1) is 22.4. The van der Waals surface area contributed by atoms with Crippen LogP contribution in [0.25, 0.3) is 22.2 Å². The average Bonchev–Trinajstić information content (AvgIpc) is 3.64. The molecule has 3 heterocycles. The molecule has 1 saturated carbocycles. The van der Waals surface area contributed by atoms with Gasteiger partial charge in [-0.15, -0.1) is 0 Å². The number of para-hydroxylation sites is 1. The van der Waals surface area contributed by atoms with Crippen molar-refractivity contribution < 1.29 is 0 Å². The summed E-state index contributed by atoms with van der Waals surface area (Å²) in [6, 6.07) is 15.7. The van der Waals surface area contributed by atoms with Gasteiger partial charge in [-0.2, -0.15) is 0 Å². The van der Waals surface area contributed by atoms with Crippen LogP contribution in [-0.4, -0.2) is 53.1 Å². The first-order valence-corrected chi connectivity index (χ1v) is 12.9. The Bertz CT molecular complexity index is 1350. The van der Waals surface area contributed by atoms with E-state index in [1.165, 1.54) is 36.9 Å². The number of fused-ring (bicyclic) bond motifs is 1. The van der Waals surface area contributed by atoms with Gasteiger partial charge in [0.15, 0.2) is 0 Å². The summed E-state index contributed by atoms with van der Waals surface area (Å²) < 4.78 is 0. The highest BCUT2D eigenvalue weighted by atomic mass is 35.5. The van der Waals surface area contributed by atoms with Crippen molar-refractivity contribution in [3.05, 3.63) is 65.4 Å². The Morgan fingerprint density at radius 1 is 1.06 bits per heavy atom. The highest BCUT2D eigenvalue weighted by Crippen LogP contribution is 2.43. The van der Waals surface area contributed by atoms with Crippen LogP contribution in [0.15, 0.2) is 54.9 Å². The van der Waals surface area contributed by atoms with Crippen LogP contribution < -0.4 is 10.2 Å². The number of hydrogen-bond donors (Lipinski definition) is 2. The smallest absolute Gasteiger partial charge is 0.227 e. The van der Waals surface area contributed by atoms with Gasteiger partial charge < -0.3 is 20.1 Å². The number of rotatable bonds is 6. The Hall–Kier alpha value is -3.09. The molecule has 0 bridgehead atoms. The Morgan fingerprint density at radius 3 is 2.63 bits per heavy atom. The minimum atomic E-state index is 0.538. The molecule has 7 heteroatoms. The molecule has 2 aromatic carbocycles. The number of anilines is 3. The molecule has 0 spiro atoms. The summed E-state index contributed by atoms with van der Waals surface area (Å²) in [7, 11) is 4.37. The summed E-state index contributed by atoms with van der Waals surface area (Å²) >= 11 is 6.55. The van der Waals surface area contributed by atoms with Crippen LogP contribution in [0.2, 0.25) is 5.02 Å². The Kier molecular flexibility index (Phi) is 5.86. The van der Waals surface area contributed by atoms with Gasteiger partial charge in [0, 0.05) is 53.2 Å². The standard InChI is InChI=1S/C28H31ClN6/c1-34(2)21-9-11-35(12-10-21)22-14-19(18-7-8-18)13-20(15-22)32-28-31-17-25(29)27(33-28)24-16-30-26-6-4-3-5-23(24)26/h3-6,13-18,21,30H,7-12H2,1-2H3,(H,31,32,33). The fraction of sp³-hybridized carbons (Fsp3) is 0.357. The molecule has 0 atom stereocenters. The summed E-state index contributed by atoms with van der Waals surface area (Å²) in [5.74, 6) is 1.22. The maximum atomic E-state index is 6.55. The normalized spacial score (nSPS) is 16.9. The van der Waals surface area contributed by atoms with Gasteiger partial charge in [0.25, 0.3) is 0 Å². The molecule has 180 valence electrons. The van der Waals surface area contributed by atoms with Gasteiger partial charge in [0.05, 0.1) is 16.9 Å². The zero-order valence-electron chi connectivity index (χ0n) is 20.3. The van der Waals surface area contributed by atoms with E-state index in [9.17, 15) is 0 Å². The van der Waals surface area contributed by atoms with Crippen molar-refractivity contribution in [2.45, 2.75) is 37.6 Å². The molecular formula is C28H31ClN6. The summed E-state index contributed by atoms with van der Waals surface area (Å²) in [6.07, 6.45) is 8.58. The van der Waals surface area contributed by atoms with Crippen molar-refractivity contribution in [1.82, 2.24) is 19.9 Å².